The standard InChI is InChI=1S/C37H36N4O8/c38-34(41-37(46)49-25-28-14-8-3-9-15-28)29-16-18-30(19-17-29)35(44)40-31(36(45)48-24-27-12-6-2-7-13-27)22-32(42)39-21-20-33(43)47-23-26-10-4-1-5-11-26/h1-19,31H,20-25H2,(H,39,42)(H,40,44)(H2,38,41,46)/t31-/m0/s1. The molecule has 0 unspecified atom stereocenters. The summed E-state index contributed by atoms with van der Waals surface area (Å²) in [7, 11) is 0. The molecule has 4 rings (SSSR count). The van der Waals surface area contributed by atoms with Gasteiger partial charge in [0, 0.05) is 17.7 Å². The molecule has 0 fully saturated rings. The Hall–Kier alpha value is -6.30. The second-order valence-electron chi connectivity index (χ2n) is 10.7. The molecule has 12 heteroatoms. The highest BCUT2D eigenvalue weighted by atomic mass is 16.5. The van der Waals surface area contributed by atoms with Crippen LogP contribution >= 0.6 is 0 Å². The fraction of sp³-hybridized carbons (Fsp3) is 0.189. The molecule has 4 aromatic carbocycles. The van der Waals surface area contributed by atoms with E-state index in [1.165, 1.54) is 24.3 Å². The molecule has 0 aliphatic rings. The normalized spacial score (nSPS) is 10.9. The molecule has 4 aromatic rings. The lowest BCUT2D eigenvalue weighted by molar-refractivity contribution is -0.149. The SMILES string of the molecule is N=C(NC(=O)OCc1ccccc1)c1ccc(C(=O)N[C@@H](CC(=O)NCCC(=O)OCc2ccccc2)C(=O)OCc2ccccc2)cc1. The van der Waals surface area contributed by atoms with Crippen molar-refractivity contribution in [1.29, 1.82) is 5.41 Å². The Morgan fingerprint density at radius 3 is 1.65 bits per heavy atom. The summed E-state index contributed by atoms with van der Waals surface area (Å²) in [5, 5.41) is 15.6. The molecule has 252 valence electrons. The van der Waals surface area contributed by atoms with Crippen molar-refractivity contribution in [3.05, 3.63) is 143 Å². The maximum absolute atomic E-state index is 13.1. The molecule has 3 amide bonds. The number of amidine groups is 1. The van der Waals surface area contributed by atoms with Crippen LogP contribution in [0.4, 0.5) is 4.79 Å². The molecule has 0 aromatic heterocycles. The molecular formula is C37H36N4O8. The summed E-state index contributed by atoms with van der Waals surface area (Å²) >= 11 is 0. The first kappa shape index (κ1) is 35.6. The van der Waals surface area contributed by atoms with Gasteiger partial charge in [-0.3, -0.25) is 25.1 Å². The molecule has 1 atom stereocenters. The van der Waals surface area contributed by atoms with Crippen molar-refractivity contribution in [3.63, 3.8) is 0 Å². The van der Waals surface area contributed by atoms with Crippen molar-refractivity contribution in [1.82, 2.24) is 16.0 Å². The highest BCUT2D eigenvalue weighted by molar-refractivity contribution is 6.05. The van der Waals surface area contributed by atoms with Gasteiger partial charge in [-0.25, -0.2) is 9.59 Å². The Bertz CT molecular complexity index is 1720. The van der Waals surface area contributed by atoms with E-state index in [0.717, 1.165) is 16.7 Å². The van der Waals surface area contributed by atoms with Crippen LogP contribution in [0, 0.1) is 5.41 Å². The zero-order valence-corrected chi connectivity index (χ0v) is 26.6. The van der Waals surface area contributed by atoms with Gasteiger partial charge in [0.25, 0.3) is 5.91 Å². The number of rotatable bonds is 15. The van der Waals surface area contributed by atoms with Crippen molar-refractivity contribution < 1.29 is 38.2 Å². The second-order valence-corrected chi connectivity index (χ2v) is 10.7. The molecule has 0 heterocycles. The Labute approximate surface area is 283 Å². The summed E-state index contributed by atoms with van der Waals surface area (Å²) in [5.74, 6) is -2.84. The third-order valence-electron chi connectivity index (χ3n) is 6.97. The summed E-state index contributed by atoms with van der Waals surface area (Å²) in [4.78, 5) is 63.2. The predicted molar refractivity (Wildman–Crippen MR) is 179 cm³/mol. The number of carbonyl (C=O) groups excluding carboxylic acids is 5. The Morgan fingerprint density at radius 2 is 1.10 bits per heavy atom. The molecule has 0 aliphatic heterocycles. The first-order valence-corrected chi connectivity index (χ1v) is 15.4. The number of hydrogen-bond donors (Lipinski definition) is 4. The Kier molecular flexibility index (Phi) is 13.6. The van der Waals surface area contributed by atoms with Crippen LogP contribution in [-0.2, 0) is 48.4 Å². The molecule has 0 spiro atoms. The molecule has 0 bridgehead atoms. The lowest BCUT2D eigenvalue weighted by atomic mass is 10.1. The van der Waals surface area contributed by atoms with Crippen molar-refractivity contribution in [3.8, 4) is 0 Å². The summed E-state index contributed by atoms with van der Waals surface area (Å²) in [6.45, 7) is 0.0359. The van der Waals surface area contributed by atoms with Crippen LogP contribution in [0.15, 0.2) is 115 Å². The van der Waals surface area contributed by atoms with E-state index in [1.54, 1.807) is 36.4 Å². The van der Waals surface area contributed by atoms with Crippen LogP contribution in [0.25, 0.3) is 0 Å². The maximum atomic E-state index is 13.1. The molecule has 0 radical (unpaired) electrons. The first-order chi connectivity index (χ1) is 23.8. The fourth-order valence-electron chi connectivity index (χ4n) is 4.36. The van der Waals surface area contributed by atoms with Crippen LogP contribution in [0.3, 0.4) is 0 Å². The van der Waals surface area contributed by atoms with Crippen LogP contribution in [0.5, 0.6) is 0 Å². The maximum Gasteiger partial charge on any atom is 0.413 e. The highest BCUT2D eigenvalue weighted by Gasteiger charge is 2.26. The van der Waals surface area contributed by atoms with Crippen LogP contribution in [0.1, 0.15) is 45.5 Å². The minimum absolute atomic E-state index is 0.0343. The molecule has 0 aliphatic carbocycles. The minimum atomic E-state index is -1.35. The number of esters is 2. The van der Waals surface area contributed by atoms with E-state index in [0.29, 0.717) is 5.56 Å². The van der Waals surface area contributed by atoms with Crippen molar-refractivity contribution >= 4 is 35.7 Å². The molecule has 0 saturated heterocycles. The summed E-state index contributed by atoms with van der Waals surface area (Å²) in [5.41, 5.74) is 2.77. The smallest absolute Gasteiger partial charge is 0.413 e. The summed E-state index contributed by atoms with van der Waals surface area (Å²) in [6, 6.07) is 31.5. The lowest BCUT2D eigenvalue weighted by Crippen LogP contribution is -2.45. The average molecular weight is 665 g/mol. The number of carbonyl (C=O) groups is 5. The quantitative estimate of drug-likeness (QED) is 0.0626. The van der Waals surface area contributed by atoms with Gasteiger partial charge in [0.15, 0.2) is 0 Å². The summed E-state index contributed by atoms with van der Waals surface area (Å²) in [6.07, 6.45) is -1.35. The zero-order chi connectivity index (χ0) is 34.8. The number of benzene rings is 4. The first-order valence-electron chi connectivity index (χ1n) is 15.4. The number of ether oxygens (including phenoxy) is 3. The lowest BCUT2D eigenvalue weighted by Gasteiger charge is -2.18. The van der Waals surface area contributed by atoms with Crippen LogP contribution < -0.4 is 16.0 Å². The van der Waals surface area contributed by atoms with E-state index >= 15 is 0 Å². The molecule has 0 saturated carbocycles. The van der Waals surface area contributed by atoms with E-state index in [-0.39, 0.29) is 44.2 Å². The number of hydrogen-bond acceptors (Lipinski definition) is 9. The monoisotopic (exact) mass is 664 g/mol. The third kappa shape index (κ3) is 12.4. The Balaban J connectivity index is 1.30. The van der Waals surface area contributed by atoms with Gasteiger partial charge in [-0.15, -0.1) is 0 Å². The topological polar surface area (TPSA) is 173 Å². The highest BCUT2D eigenvalue weighted by Crippen LogP contribution is 2.09. The van der Waals surface area contributed by atoms with E-state index in [2.05, 4.69) is 16.0 Å². The Morgan fingerprint density at radius 1 is 0.612 bits per heavy atom. The molecular weight excluding hydrogens is 628 g/mol. The van der Waals surface area contributed by atoms with Crippen molar-refractivity contribution in [2.45, 2.75) is 38.7 Å². The van der Waals surface area contributed by atoms with E-state index in [9.17, 15) is 24.0 Å². The van der Waals surface area contributed by atoms with Gasteiger partial charge in [0.2, 0.25) is 5.91 Å². The van der Waals surface area contributed by atoms with Crippen LogP contribution in [-0.4, -0.2) is 48.3 Å². The zero-order valence-electron chi connectivity index (χ0n) is 26.6. The molecule has 4 N–H and O–H groups in total. The van der Waals surface area contributed by atoms with Crippen molar-refractivity contribution in [2.75, 3.05) is 6.54 Å². The van der Waals surface area contributed by atoms with Gasteiger partial charge in [0.1, 0.15) is 31.7 Å². The number of alkyl carbamates (subject to hydrolysis) is 1. The summed E-state index contributed by atoms with van der Waals surface area (Å²) < 4.78 is 15.7. The number of nitrogens with one attached hydrogen (secondary N) is 4. The van der Waals surface area contributed by atoms with E-state index in [1.807, 2.05) is 54.6 Å². The second kappa shape index (κ2) is 18.7. The minimum Gasteiger partial charge on any atom is -0.461 e. The van der Waals surface area contributed by atoms with E-state index in [4.69, 9.17) is 19.6 Å². The van der Waals surface area contributed by atoms with Gasteiger partial charge in [-0.1, -0.05) is 103 Å². The van der Waals surface area contributed by atoms with Gasteiger partial charge >= 0.3 is 18.0 Å². The van der Waals surface area contributed by atoms with Gasteiger partial charge in [0.05, 0.1) is 12.8 Å². The third-order valence-corrected chi connectivity index (χ3v) is 6.97. The van der Waals surface area contributed by atoms with Gasteiger partial charge in [-0.2, -0.15) is 0 Å². The fourth-order valence-corrected chi connectivity index (χ4v) is 4.36. The molecule has 49 heavy (non-hydrogen) atoms. The molecule has 12 nitrogen and oxygen atoms in total. The van der Waals surface area contributed by atoms with Gasteiger partial charge in [-0.05, 0) is 28.8 Å². The average Bonchev–Trinajstić information content (AvgIpc) is 3.13. The van der Waals surface area contributed by atoms with Gasteiger partial charge < -0.3 is 24.8 Å². The van der Waals surface area contributed by atoms with E-state index < -0.39 is 42.3 Å². The largest absolute Gasteiger partial charge is 0.461 e. The number of amides is 3. The van der Waals surface area contributed by atoms with Crippen molar-refractivity contribution in [2.24, 2.45) is 0 Å². The van der Waals surface area contributed by atoms with Crippen LogP contribution in [0.2, 0.25) is 0 Å². The predicted octanol–water partition coefficient (Wildman–Crippen LogP) is 4.42.